The number of piperazine rings is 1. The van der Waals surface area contributed by atoms with Crippen molar-refractivity contribution in [2.75, 3.05) is 63.4 Å². The van der Waals surface area contributed by atoms with Gasteiger partial charge in [0.1, 0.15) is 48.9 Å². The standard InChI is InChI=1S/C34H40N6O6S4/c1-37-19(15-47-33(37)23-13-45-29(35-23)21-7-3-5-9-27(21)41)11-39-25-17-49-50-18-26(31(39)43)40(32(25)44)12-20-16-48-34(38(20)2)24-14-46-30(36-24)22-8-4-6-10-28(22)42/h3-10,19-20,23-26,33-34,41-42H,11-18H2,1-2H3/t19-,20-,23-,24-,25?,26?,33-,34+/m0/s1. The molecule has 2 amide bonds. The van der Waals surface area contributed by atoms with Gasteiger partial charge in [0.05, 0.1) is 21.9 Å². The third-order valence-corrected chi connectivity index (χ3v) is 15.9. The first-order valence-corrected chi connectivity index (χ1v) is 21.4. The minimum atomic E-state index is -0.501. The Balaban J connectivity index is 0.920. The number of fused-ring (bicyclic) bond motifs is 5. The second-order valence-corrected chi connectivity index (χ2v) is 18.2. The highest BCUT2D eigenvalue weighted by atomic mass is 33.1. The summed E-state index contributed by atoms with van der Waals surface area (Å²) >= 11 is 3.61. The summed E-state index contributed by atoms with van der Waals surface area (Å²) in [4.78, 5) is 46.5. The highest BCUT2D eigenvalue weighted by Crippen LogP contribution is 2.40. The number of para-hydroxylation sites is 2. The molecular formula is C34H40N6O6S4. The summed E-state index contributed by atoms with van der Waals surface area (Å²) in [5, 5.41) is 20.7. The van der Waals surface area contributed by atoms with Crippen molar-refractivity contribution in [3.05, 3.63) is 59.7 Å². The molecule has 2 unspecified atom stereocenters. The Hall–Kier alpha value is -2.76. The molecule has 7 heterocycles. The molecule has 2 aromatic rings. The Labute approximate surface area is 307 Å². The van der Waals surface area contributed by atoms with Crippen LogP contribution in [0.3, 0.4) is 0 Å². The lowest BCUT2D eigenvalue weighted by atomic mass is 10.0. The zero-order valence-corrected chi connectivity index (χ0v) is 31.0. The maximum absolute atomic E-state index is 14.3. The lowest BCUT2D eigenvalue weighted by molar-refractivity contribution is -0.161. The molecule has 0 radical (unpaired) electrons. The summed E-state index contributed by atoms with van der Waals surface area (Å²) in [5.74, 6) is 4.07. The first-order valence-electron chi connectivity index (χ1n) is 16.8. The van der Waals surface area contributed by atoms with E-state index in [1.54, 1.807) is 81.5 Å². The maximum atomic E-state index is 14.3. The number of hydrogen-bond acceptors (Lipinski definition) is 14. The van der Waals surface area contributed by atoms with Gasteiger partial charge in [0.25, 0.3) is 0 Å². The van der Waals surface area contributed by atoms with Gasteiger partial charge in [0, 0.05) is 48.2 Å². The van der Waals surface area contributed by atoms with Gasteiger partial charge in [-0.05, 0) is 38.4 Å². The highest BCUT2D eigenvalue weighted by Gasteiger charge is 2.51. The van der Waals surface area contributed by atoms with Crippen molar-refractivity contribution < 1.29 is 29.3 Å². The Morgan fingerprint density at radius 1 is 0.680 bits per heavy atom. The van der Waals surface area contributed by atoms with Crippen molar-refractivity contribution in [1.82, 2.24) is 19.6 Å². The number of benzene rings is 2. The third kappa shape index (κ3) is 6.33. The first-order chi connectivity index (χ1) is 24.3. The van der Waals surface area contributed by atoms with E-state index in [1.807, 2.05) is 21.9 Å². The van der Waals surface area contributed by atoms with Crippen LogP contribution >= 0.6 is 45.1 Å². The van der Waals surface area contributed by atoms with Crippen molar-refractivity contribution in [3.63, 3.8) is 0 Å². The molecule has 5 saturated heterocycles. The van der Waals surface area contributed by atoms with Crippen molar-refractivity contribution in [1.29, 1.82) is 0 Å². The first kappa shape index (κ1) is 34.3. The fourth-order valence-electron chi connectivity index (χ4n) is 7.50. The van der Waals surface area contributed by atoms with Crippen LogP contribution in [0.4, 0.5) is 0 Å². The molecule has 266 valence electrons. The van der Waals surface area contributed by atoms with Crippen molar-refractivity contribution in [3.8, 4) is 11.5 Å². The van der Waals surface area contributed by atoms with E-state index in [4.69, 9.17) is 19.5 Å². The second kappa shape index (κ2) is 14.3. The van der Waals surface area contributed by atoms with E-state index < -0.39 is 12.1 Å². The summed E-state index contributed by atoms with van der Waals surface area (Å²) in [5.41, 5.74) is 1.19. The molecule has 7 aliphatic rings. The normalized spacial score (nSPS) is 33.3. The van der Waals surface area contributed by atoms with E-state index in [0.717, 1.165) is 11.5 Å². The topological polar surface area (TPSA) is 131 Å². The molecule has 12 nitrogen and oxygen atoms in total. The average Bonchev–Trinajstić information content (AvgIpc) is 3.92. The van der Waals surface area contributed by atoms with E-state index in [9.17, 15) is 19.8 Å². The Morgan fingerprint density at radius 3 is 1.52 bits per heavy atom. The molecule has 7 aliphatic heterocycles. The number of ether oxygens (including phenoxy) is 2. The molecule has 0 aromatic heterocycles. The summed E-state index contributed by atoms with van der Waals surface area (Å²) in [6, 6.07) is 13.1. The molecule has 16 heteroatoms. The van der Waals surface area contributed by atoms with Gasteiger partial charge in [-0.2, -0.15) is 0 Å². The number of likely N-dealkylation sites (N-methyl/N-ethyl adjacent to an activating group) is 2. The lowest BCUT2D eigenvalue weighted by Crippen LogP contribution is -2.69. The SMILES string of the molecule is CN1[C@@H](CN2C(=O)C3CSSCC2C(=O)N3C[C@H]2CS[C@@H]([C@@H]3COC(c4ccccc4O)=N3)N2C)CS[C@@H]1[C@@H]1COC(c2ccccc2O)=N1. The van der Waals surface area contributed by atoms with E-state index in [0.29, 0.717) is 60.7 Å². The Bertz CT molecular complexity index is 1580. The van der Waals surface area contributed by atoms with Crippen molar-refractivity contribution in [2.45, 2.75) is 47.0 Å². The molecule has 2 N–H and O–H groups in total. The molecule has 9 rings (SSSR count). The van der Waals surface area contributed by atoms with Gasteiger partial charge in [-0.1, -0.05) is 45.9 Å². The highest BCUT2D eigenvalue weighted by molar-refractivity contribution is 8.76. The van der Waals surface area contributed by atoms with E-state index in [2.05, 4.69) is 23.9 Å². The van der Waals surface area contributed by atoms with Crippen molar-refractivity contribution in [2.24, 2.45) is 9.98 Å². The number of aromatic hydroxyl groups is 2. The number of hydrogen-bond donors (Lipinski definition) is 2. The molecule has 5 fully saturated rings. The summed E-state index contributed by atoms with van der Waals surface area (Å²) in [6.07, 6.45) is 0. The van der Waals surface area contributed by atoms with E-state index in [1.165, 1.54) is 0 Å². The number of phenolic OH excluding ortho intramolecular Hbond substituents is 2. The molecule has 2 bridgehead atoms. The summed E-state index contributed by atoms with van der Waals surface area (Å²) in [7, 11) is 7.51. The van der Waals surface area contributed by atoms with Gasteiger partial charge in [-0.3, -0.25) is 19.4 Å². The molecule has 2 aromatic carbocycles. The van der Waals surface area contributed by atoms with Crippen LogP contribution in [0.15, 0.2) is 58.5 Å². The number of aliphatic imine (C=N–C) groups is 2. The largest absolute Gasteiger partial charge is 0.507 e. The van der Waals surface area contributed by atoms with Gasteiger partial charge < -0.3 is 29.5 Å². The minimum absolute atomic E-state index is 0.0410. The zero-order chi connectivity index (χ0) is 34.5. The summed E-state index contributed by atoms with van der Waals surface area (Å²) in [6.45, 7) is 1.85. The Kier molecular flexibility index (Phi) is 9.85. The monoisotopic (exact) mass is 756 g/mol. The van der Waals surface area contributed by atoms with Gasteiger partial charge in [-0.15, -0.1) is 23.5 Å². The lowest BCUT2D eigenvalue weighted by Gasteiger charge is -2.48. The number of carbonyl (C=O) groups excluding carboxylic acids is 2. The number of phenols is 2. The summed E-state index contributed by atoms with van der Waals surface area (Å²) < 4.78 is 11.8. The number of carbonyl (C=O) groups is 2. The van der Waals surface area contributed by atoms with Crippen LogP contribution in [-0.2, 0) is 19.1 Å². The smallest absolute Gasteiger partial charge is 0.247 e. The van der Waals surface area contributed by atoms with Crippen LogP contribution in [0.1, 0.15) is 11.1 Å². The van der Waals surface area contributed by atoms with E-state index >= 15 is 0 Å². The van der Waals surface area contributed by atoms with Gasteiger partial charge in [0.2, 0.25) is 23.6 Å². The van der Waals surface area contributed by atoms with Gasteiger partial charge >= 0.3 is 0 Å². The molecule has 0 spiro atoms. The van der Waals surface area contributed by atoms with Gasteiger partial charge in [-0.25, -0.2) is 9.98 Å². The third-order valence-electron chi connectivity index (χ3n) is 10.4. The predicted molar refractivity (Wildman–Crippen MR) is 200 cm³/mol. The van der Waals surface area contributed by atoms with Crippen LogP contribution in [-0.4, -0.2) is 164 Å². The van der Waals surface area contributed by atoms with Crippen LogP contribution in [0, 0.1) is 0 Å². The number of amides is 2. The van der Waals surface area contributed by atoms with Gasteiger partial charge in [0.15, 0.2) is 0 Å². The molecule has 50 heavy (non-hydrogen) atoms. The number of nitrogens with zero attached hydrogens (tertiary/aromatic N) is 6. The molecule has 0 aliphatic carbocycles. The average molecular weight is 757 g/mol. The minimum Gasteiger partial charge on any atom is -0.507 e. The van der Waals surface area contributed by atoms with Crippen molar-refractivity contribution >= 4 is 68.7 Å². The number of rotatable bonds is 8. The van der Waals surface area contributed by atoms with Crippen LogP contribution in [0.25, 0.3) is 0 Å². The van der Waals surface area contributed by atoms with Crippen LogP contribution in [0.5, 0.6) is 11.5 Å². The number of thioether (sulfide) groups is 2. The van der Waals surface area contributed by atoms with E-state index in [-0.39, 0.29) is 58.2 Å². The van der Waals surface area contributed by atoms with Crippen LogP contribution in [0.2, 0.25) is 0 Å². The fourth-order valence-corrected chi connectivity index (χ4v) is 13.0. The Morgan fingerprint density at radius 2 is 1.10 bits per heavy atom. The second-order valence-electron chi connectivity index (χ2n) is 13.3. The van der Waals surface area contributed by atoms with Crippen LogP contribution < -0.4 is 0 Å². The zero-order valence-electron chi connectivity index (χ0n) is 27.7. The quantitative estimate of drug-likeness (QED) is 0.385. The predicted octanol–water partition coefficient (Wildman–Crippen LogP) is 2.64. The fraction of sp³-hybridized carbons (Fsp3) is 0.529. The molecule has 0 saturated carbocycles. The molecule has 8 atom stereocenters. The molecular weight excluding hydrogens is 717 g/mol. The maximum Gasteiger partial charge on any atom is 0.247 e.